The standard InChI is InChI=1S/C40H46N4O5/c1-30-38(48-29-33-16-10-6-11-17-33)36(34(25-42-30)26-43-35-21-19-31(24-41)20-22-35)27-44(39(46)49-40(2,3)4)23-13-7-12-18-37(45)47-28-32-14-8-5-9-15-32/h5-6,8-11,14-17,19-22,25,43H,7,12-13,18,23,26-29H2,1-4H3. The van der Waals surface area contributed by atoms with Crippen LogP contribution in [-0.2, 0) is 40.6 Å². The Kier molecular flexibility index (Phi) is 13.6. The molecule has 0 aliphatic carbocycles. The molecule has 0 aliphatic rings. The Labute approximate surface area is 289 Å². The number of pyridine rings is 1. The molecule has 0 spiro atoms. The number of carbonyl (C=O) groups is 2. The van der Waals surface area contributed by atoms with Gasteiger partial charge < -0.3 is 24.4 Å². The molecule has 0 unspecified atom stereocenters. The number of hydrogen-bond donors (Lipinski definition) is 1. The molecule has 9 nitrogen and oxygen atoms in total. The average molecular weight is 663 g/mol. The van der Waals surface area contributed by atoms with E-state index >= 15 is 0 Å². The molecular formula is C40H46N4O5. The molecule has 1 N–H and O–H groups in total. The van der Waals surface area contributed by atoms with Crippen LogP contribution in [0.15, 0.2) is 91.1 Å². The monoisotopic (exact) mass is 662 g/mol. The number of benzene rings is 3. The summed E-state index contributed by atoms with van der Waals surface area (Å²) in [5.41, 5.74) is 5.13. The summed E-state index contributed by atoms with van der Waals surface area (Å²) >= 11 is 0. The predicted molar refractivity (Wildman–Crippen MR) is 190 cm³/mol. The van der Waals surface area contributed by atoms with E-state index in [0.29, 0.717) is 56.0 Å². The zero-order chi connectivity index (χ0) is 35.1. The summed E-state index contributed by atoms with van der Waals surface area (Å²) in [5, 5.41) is 12.6. The number of rotatable bonds is 16. The molecule has 9 heteroatoms. The van der Waals surface area contributed by atoms with E-state index in [2.05, 4.69) is 16.4 Å². The Morgan fingerprint density at radius 3 is 2.16 bits per heavy atom. The molecule has 1 aromatic heterocycles. The minimum atomic E-state index is -0.682. The summed E-state index contributed by atoms with van der Waals surface area (Å²) in [7, 11) is 0. The van der Waals surface area contributed by atoms with Gasteiger partial charge in [-0.3, -0.25) is 9.78 Å². The van der Waals surface area contributed by atoms with Crippen molar-refractivity contribution >= 4 is 17.7 Å². The predicted octanol–water partition coefficient (Wildman–Crippen LogP) is 8.49. The molecule has 4 aromatic rings. The molecule has 1 heterocycles. The minimum absolute atomic E-state index is 0.236. The molecule has 4 rings (SSSR count). The Morgan fingerprint density at radius 1 is 0.878 bits per heavy atom. The van der Waals surface area contributed by atoms with Crippen LogP contribution in [0.3, 0.4) is 0 Å². The van der Waals surface area contributed by atoms with Crippen LogP contribution in [0.5, 0.6) is 5.75 Å². The van der Waals surface area contributed by atoms with Crippen molar-refractivity contribution in [3.63, 3.8) is 0 Å². The van der Waals surface area contributed by atoms with Gasteiger partial charge in [0.2, 0.25) is 0 Å². The van der Waals surface area contributed by atoms with Gasteiger partial charge in [-0.2, -0.15) is 5.26 Å². The van der Waals surface area contributed by atoms with Crippen LogP contribution in [0.25, 0.3) is 0 Å². The van der Waals surface area contributed by atoms with Gasteiger partial charge in [0.15, 0.2) is 0 Å². The third-order valence-electron chi connectivity index (χ3n) is 7.68. The van der Waals surface area contributed by atoms with Crippen LogP contribution < -0.4 is 10.1 Å². The number of nitrogens with zero attached hydrogens (tertiary/aromatic N) is 3. The third kappa shape index (κ3) is 12.3. The lowest BCUT2D eigenvalue weighted by Gasteiger charge is -2.29. The second-order valence-electron chi connectivity index (χ2n) is 12.9. The van der Waals surface area contributed by atoms with Crippen LogP contribution in [0, 0.1) is 18.3 Å². The molecule has 0 saturated carbocycles. The largest absolute Gasteiger partial charge is 0.487 e. The van der Waals surface area contributed by atoms with Crippen molar-refractivity contribution in [2.24, 2.45) is 0 Å². The quantitative estimate of drug-likeness (QED) is 0.0939. The Bertz CT molecular complexity index is 1680. The van der Waals surface area contributed by atoms with E-state index in [0.717, 1.165) is 34.4 Å². The first-order valence-corrected chi connectivity index (χ1v) is 16.7. The molecule has 0 saturated heterocycles. The van der Waals surface area contributed by atoms with Gasteiger partial charge in [-0.25, -0.2) is 4.79 Å². The first kappa shape index (κ1) is 36.5. The molecule has 1 amide bonds. The maximum atomic E-state index is 13.6. The van der Waals surface area contributed by atoms with E-state index in [9.17, 15) is 14.9 Å². The van der Waals surface area contributed by atoms with Crippen molar-refractivity contribution < 1.29 is 23.8 Å². The summed E-state index contributed by atoms with van der Waals surface area (Å²) in [5.74, 6) is 0.387. The van der Waals surface area contributed by atoms with E-state index in [4.69, 9.17) is 14.2 Å². The van der Waals surface area contributed by atoms with Gasteiger partial charge in [-0.05, 0) is 81.5 Å². The second-order valence-corrected chi connectivity index (χ2v) is 12.9. The van der Waals surface area contributed by atoms with Gasteiger partial charge >= 0.3 is 12.1 Å². The summed E-state index contributed by atoms with van der Waals surface area (Å²) in [6, 6.07) is 28.9. The first-order valence-electron chi connectivity index (χ1n) is 16.7. The van der Waals surface area contributed by atoms with Gasteiger partial charge in [-0.1, -0.05) is 67.1 Å². The Hall–Kier alpha value is -5.36. The molecule has 0 aliphatic heterocycles. The van der Waals surface area contributed by atoms with E-state index < -0.39 is 11.7 Å². The molecule has 256 valence electrons. The fourth-order valence-corrected chi connectivity index (χ4v) is 5.09. The topological polar surface area (TPSA) is 114 Å². The number of unbranched alkanes of at least 4 members (excludes halogenated alkanes) is 2. The van der Waals surface area contributed by atoms with Crippen molar-refractivity contribution in [1.82, 2.24) is 9.88 Å². The number of carbonyl (C=O) groups excluding carboxylic acids is 2. The maximum absolute atomic E-state index is 13.6. The average Bonchev–Trinajstić information content (AvgIpc) is 3.09. The lowest BCUT2D eigenvalue weighted by atomic mass is 10.1. The summed E-state index contributed by atoms with van der Waals surface area (Å²) in [6.07, 6.45) is 3.75. The number of amides is 1. The lowest BCUT2D eigenvalue weighted by molar-refractivity contribution is -0.145. The van der Waals surface area contributed by atoms with Crippen molar-refractivity contribution in [3.05, 3.63) is 125 Å². The number of aromatic nitrogens is 1. The lowest BCUT2D eigenvalue weighted by Crippen LogP contribution is -2.37. The Morgan fingerprint density at radius 2 is 1.53 bits per heavy atom. The zero-order valence-electron chi connectivity index (χ0n) is 28.9. The van der Waals surface area contributed by atoms with Crippen LogP contribution in [0.1, 0.15) is 80.0 Å². The molecule has 0 atom stereocenters. The number of nitrogens with one attached hydrogen (secondary N) is 1. The van der Waals surface area contributed by atoms with Gasteiger partial charge in [-0.15, -0.1) is 0 Å². The Balaban J connectivity index is 1.49. The number of nitriles is 1. The molecule has 0 radical (unpaired) electrons. The van der Waals surface area contributed by atoms with Crippen molar-refractivity contribution in [1.29, 1.82) is 5.26 Å². The molecular weight excluding hydrogens is 616 g/mol. The maximum Gasteiger partial charge on any atom is 0.410 e. The number of ether oxygens (including phenoxy) is 3. The van der Waals surface area contributed by atoms with Crippen molar-refractivity contribution in [2.75, 3.05) is 11.9 Å². The highest BCUT2D eigenvalue weighted by atomic mass is 16.6. The van der Waals surface area contributed by atoms with Crippen LogP contribution in [-0.4, -0.2) is 34.1 Å². The number of esters is 1. The normalized spacial score (nSPS) is 10.9. The summed E-state index contributed by atoms with van der Waals surface area (Å²) in [4.78, 5) is 32.3. The number of anilines is 1. The fourth-order valence-electron chi connectivity index (χ4n) is 5.09. The SMILES string of the molecule is Cc1ncc(CNc2ccc(C#N)cc2)c(CN(CCCCCC(=O)OCc2ccccc2)C(=O)OC(C)(C)C)c1OCc1ccccc1. The first-order chi connectivity index (χ1) is 23.6. The van der Waals surface area contributed by atoms with Gasteiger partial charge in [0.05, 0.1) is 23.9 Å². The van der Waals surface area contributed by atoms with E-state index in [-0.39, 0.29) is 19.1 Å². The van der Waals surface area contributed by atoms with Crippen LogP contribution in [0.4, 0.5) is 10.5 Å². The van der Waals surface area contributed by atoms with E-state index in [1.807, 2.05) is 107 Å². The van der Waals surface area contributed by atoms with E-state index in [1.165, 1.54) is 0 Å². The molecule has 3 aromatic carbocycles. The molecule has 49 heavy (non-hydrogen) atoms. The summed E-state index contributed by atoms with van der Waals surface area (Å²) < 4.78 is 17.7. The van der Waals surface area contributed by atoms with Crippen molar-refractivity contribution in [3.8, 4) is 11.8 Å². The zero-order valence-corrected chi connectivity index (χ0v) is 28.9. The fraction of sp³-hybridized carbons (Fsp3) is 0.350. The highest BCUT2D eigenvalue weighted by molar-refractivity contribution is 5.69. The van der Waals surface area contributed by atoms with E-state index in [1.54, 1.807) is 17.0 Å². The highest BCUT2D eigenvalue weighted by Gasteiger charge is 2.25. The van der Waals surface area contributed by atoms with Gasteiger partial charge in [0, 0.05) is 37.0 Å². The van der Waals surface area contributed by atoms with Crippen LogP contribution in [0.2, 0.25) is 0 Å². The molecule has 0 fully saturated rings. The number of hydrogen-bond acceptors (Lipinski definition) is 8. The second kappa shape index (κ2) is 18.3. The summed E-state index contributed by atoms with van der Waals surface area (Å²) in [6.45, 7) is 9.14. The molecule has 0 bridgehead atoms. The minimum Gasteiger partial charge on any atom is -0.487 e. The van der Waals surface area contributed by atoms with Crippen molar-refractivity contribution in [2.45, 2.75) is 85.3 Å². The van der Waals surface area contributed by atoms with Gasteiger partial charge in [0.25, 0.3) is 0 Å². The smallest absolute Gasteiger partial charge is 0.410 e. The highest BCUT2D eigenvalue weighted by Crippen LogP contribution is 2.30. The third-order valence-corrected chi connectivity index (χ3v) is 7.68. The number of aryl methyl sites for hydroxylation is 1. The van der Waals surface area contributed by atoms with Crippen LogP contribution >= 0.6 is 0 Å². The van der Waals surface area contributed by atoms with Gasteiger partial charge in [0.1, 0.15) is 24.6 Å².